The second kappa shape index (κ2) is 11.5. The minimum Gasteiger partial charge on any atom is -0.497 e. The van der Waals surface area contributed by atoms with Crippen LogP contribution in [0.1, 0.15) is 29.3 Å². The highest BCUT2D eigenvalue weighted by Crippen LogP contribution is 2.17. The number of carboxylic acid groups (broad SMARTS) is 1. The Morgan fingerprint density at radius 3 is 2.28 bits per heavy atom. The van der Waals surface area contributed by atoms with Gasteiger partial charge in [0, 0.05) is 54.9 Å². The van der Waals surface area contributed by atoms with Crippen molar-refractivity contribution in [1.29, 1.82) is 0 Å². The maximum atomic E-state index is 12.4. The summed E-state index contributed by atoms with van der Waals surface area (Å²) >= 11 is 0. The van der Waals surface area contributed by atoms with Crippen LogP contribution in [0.2, 0.25) is 0 Å². The van der Waals surface area contributed by atoms with Crippen LogP contribution in [-0.2, 0) is 11.2 Å². The summed E-state index contributed by atoms with van der Waals surface area (Å²) in [6.07, 6.45) is 1.96. The Balaban J connectivity index is 1.99. The van der Waals surface area contributed by atoms with E-state index in [0.29, 0.717) is 34.7 Å². The van der Waals surface area contributed by atoms with Gasteiger partial charge in [0.15, 0.2) is 0 Å². The predicted octanol–water partition coefficient (Wildman–Crippen LogP) is 4.38. The zero-order valence-electron chi connectivity index (χ0n) is 18.9. The molecule has 0 atom stereocenters. The van der Waals surface area contributed by atoms with Gasteiger partial charge < -0.3 is 20.1 Å². The molecular weight excluding hydrogens is 406 g/mol. The number of aliphatic carboxylic acids is 1. The van der Waals surface area contributed by atoms with E-state index in [1.807, 2.05) is 50.2 Å². The molecule has 2 N–H and O–H groups in total. The Morgan fingerprint density at radius 1 is 1.12 bits per heavy atom. The topological polar surface area (TPSA) is 91.2 Å². The van der Waals surface area contributed by atoms with Gasteiger partial charge in [-0.2, -0.15) is 0 Å². The SMILES string of the molecule is C=C(Cc1ccc(NC(=O)c2ccc(OC)cc2)cc1)N=C/C(CC(=O)O)=C(\C)N(C)C. The fraction of sp³-hybridized carbons (Fsp3) is 0.240. The van der Waals surface area contributed by atoms with Crippen LogP contribution in [0.25, 0.3) is 0 Å². The van der Waals surface area contributed by atoms with E-state index in [0.717, 1.165) is 11.3 Å². The Bertz CT molecular complexity index is 1020. The zero-order chi connectivity index (χ0) is 23.7. The van der Waals surface area contributed by atoms with Crippen LogP contribution in [0.15, 0.2) is 77.1 Å². The summed E-state index contributed by atoms with van der Waals surface area (Å²) in [6.45, 7) is 5.82. The highest BCUT2D eigenvalue weighted by Gasteiger charge is 2.09. The number of carbonyl (C=O) groups is 2. The van der Waals surface area contributed by atoms with Gasteiger partial charge in [0.2, 0.25) is 0 Å². The lowest BCUT2D eigenvalue weighted by atomic mass is 10.1. The quantitative estimate of drug-likeness (QED) is 0.540. The van der Waals surface area contributed by atoms with Crippen molar-refractivity contribution in [3.8, 4) is 5.75 Å². The highest BCUT2D eigenvalue weighted by molar-refractivity contribution is 6.04. The molecule has 0 fully saturated rings. The number of nitrogens with one attached hydrogen (secondary N) is 1. The van der Waals surface area contributed by atoms with Crippen molar-refractivity contribution in [2.75, 3.05) is 26.5 Å². The number of anilines is 1. The fourth-order valence-corrected chi connectivity index (χ4v) is 2.82. The normalized spacial score (nSPS) is 11.6. The molecule has 0 heterocycles. The first kappa shape index (κ1) is 24.4. The van der Waals surface area contributed by atoms with Crippen molar-refractivity contribution >= 4 is 23.8 Å². The first-order valence-electron chi connectivity index (χ1n) is 10.0. The molecule has 0 bridgehead atoms. The van der Waals surface area contributed by atoms with Crippen molar-refractivity contribution in [3.63, 3.8) is 0 Å². The summed E-state index contributed by atoms with van der Waals surface area (Å²) in [5.74, 6) is -0.426. The van der Waals surface area contributed by atoms with Crippen LogP contribution in [0.4, 0.5) is 5.69 Å². The van der Waals surface area contributed by atoms with E-state index in [1.165, 1.54) is 0 Å². The van der Waals surface area contributed by atoms with Gasteiger partial charge in [-0.3, -0.25) is 14.6 Å². The van der Waals surface area contributed by atoms with Gasteiger partial charge in [-0.1, -0.05) is 18.7 Å². The van der Waals surface area contributed by atoms with E-state index < -0.39 is 5.97 Å². The molecule has 0 saturated carbocycles. The van der Waals surface area contributed by atoms with Gasteiger partial charge in [0.25, 0.3) is 5.91 Å². The minimum absolute atomic E-state index is 0.108. The van der Waals surface area contributed by atoms with Crippen LogP contribution in [0.5, 0.6) is 5.75 Å². The Kier molecular flexibility index (Phi) is 8.77. The van der Waals surface area contributed by atoms with Gasteiger partial charge >= 0.3 is 5.97 Å². The van der Waals surface area contributed by atoms with Crippen molar-refractivity contribution in [3.05, 3.63) is 83.2 Å². The van der Waals surface area contributed by atoms with E-state index in [4.69, 9.17) is 9.84 Å². The molecule has 0 saturated heterocycles. The van der Waals surface area contributed by atoms with Crippen LogP contribution in [0.3, 0.4) is 0 Å². The number of aliphatic imine (C=N–C) groups is 1. The molecular formula is C25H29N3O4. The molecule has 7 heteroatoms. The third-order valence-corrected chi connectivity index (χ3v) is 4.85. The molecule has 0 aliphatic carbocycles. The molecule has 2 aromatic rings. The largest absolute Gasteiger partial charge is 0.497 e. The number of ether oxygens (including phenoxy) is 1. The van der Waals surface area contributed by atoms with Crippen LogP contribution < -0.4 is 10.1 Å². The van der Waals surface area contributed by atoms with E-state index >= 15 is 0 Å². The molecule has 0 unspecified atom stereocenters. The summed E-state index contributed by atoms with van der Waals surface area (Å²) in [7, 11) is 5.29. The highest BCUT2D eigenvalue weighted by atomic mass is 16.5. The number of methoxy groups -OCH3 is 1. The van der Waals surface area contributed by atoms with Crippen molar-refractivity contribution in [1.82, 2.24) is 4.90 Å². The summed E-state index contributed by atoms with van der Waals surface area (Å²) in [5, 5.41) is 12.0. The third-order valence-electron chi connectivity index (χ3n) is 4.85. The molecule has 0 spiro atoms. The maximum Gasteiger partial charge on any atom is 0.307 e. The zero-order valence-corrected chi connectivity index (χ0v) is 18.9. The number of rotatable bonds is 10. The lowest BCUT2D eigenvalue weighted by Gasteiger charge is -2.15. The van der Waals surface area contributed by atoms with Gasteiger partial charge in [-0.25, -0.2) is 0 Å². The minimum atomic E-state index is -0.912. The fourth-order valence-electron chi connectivity index (χ4n) is 2.82. The molecule has 0 radical (unpaired) electrons. The molecule has 7 nitrogen and oxygen atoms in total. The molecule has 1 amide bonds. The van der Waals surface area contributed by atoms with E-state index in [9.17, 15) is 9.59 Å². The van der Waals surface area contributed by atoms with Gasteiger partial charge in [0.1, 0.15) is 5.75 Å². The van der Waals surface area contributed by atoms with Crippen molar-refractivity contribution < 1.29 is 19.4 Å². The number of hydrogen-bond acceptors (Lipinski definition) is 5. The number of carbonyl (C=O) groups excluding carboxylic acids is 1. The Hall–Kier alpha value is -3.87. The lowest BCUT2D eigenvalue weighted by Crippen LogP contribution is -2.13. The predicted molar refractivity (Wildman–Crippen MR) is 127 cm³/mol. The molecule has 0 aliphatic rings. The average molecular weight is 436 g/mol. The van der Waals surface area contributed by atoms with Crippen LogP contribution >= 0.6 is 0 Å². The smallest absolute Gasteiger partial charge is 0.307 e. The van der Waals surface area contributed by atoms with Crippen LogP contribution in [0, 0.1) is 0 Å². The Morgan fingerprint density at radius 2 is 1.75 bits per heavy atom. The summed E-state index contributed by atoms with van der Waals surface area (Å²) in [4.78, 5) is 29.7. The van der Waals surface area contributed by atoms with E-state index in [-0.39, 0.29) is 12.3 Å². The molecule has 168 valence electrons. The molecule has 2 rings (SSSR count). The molecule has 2 aromatic carbocycles. The molecule has 0 aliphatic heterocycles. The molecule has 0 aromatic heterocycles. The van der Waals surface area contributed by atoms with Crippen molar-refractivity contribution in [2.24, 2.45) is 4.99 Å². The molecule has 32 heavy (non-hydrogen) atoms. The third kappa shape index (κ3) is 7.43. The Labute approximate surface area is 188 Å². The average Bonchev–Trinajstić information content (AvgIpc) is 2.77. The van der Waals surface area contributed by atoms with E-state index in [1.54, 1.807) is 37.6 Å². The second-order valence-corrected chi connectivity index (χ2v) is 7.46. The lowest BCUT2D eigenvalue weighted by molar-refractivity contribution is -0.136. The number of allylic oxidation sites excluding steroid dienone is 2. The first-order valence-corrected chi connectivity index (χ1v) is 10.0. The summed E-state index contributed by atoms with van der Waals surface area (Å²) in [5.41, 5.74) is 4.26. The van der Waals surface area contributed by atoms with Crippen LogP contribution in [-0.4, -0.2) is 49.3 Å². The second-order valence-electron chi connectivity index (χ2n) is 7.46. The summed E-state index contributed by atoms with van der Waals surface area (Å²) in [6, 6.07) is 14.3. The number of amides is 1. The maximum absolute atomic E-state index is 12.4. The first-order chi connectivity index (χ1) is 15.2. The monoisotopic (exact) mass is 435 g/mol. The standard InChI is InChI=1S/C25H29N3O4/c1-17(26-16-21(15-24(29)30)18(2)28(3)4)14-19-6-10-22(11-7-19)27-25(31)20-8-12-23(32-5)13-9-20/h6-13,16H,1,14-15H2,2-5H3,(H,27,31)(H,29,30)/b21-18+,26-16?. The van der Waals surface area contributed by atoms with Crippen molar-refractivity contribution in [2.45, 2.75) is 19.8 Å². The van der Waals surface area contributed by atoms with Gasteiger partial charge in [0.05, 0.1) is 13.5 Å². The number of nitrogens with zero attached hydrogens (tertiary/aromatic N) is 2. The van der Waals surface area contributed by atoms with Gasteiger partial charge in [-0.05, 0) is 48.9 Å². The number of carboxylic acids is 1. The summed E-state index contributed by atoms with van der Waals surface area (Å²) < 4.78 is 5.10. The number of hydrogen-bond donors (Lipinski definition) is 2. The van der Waals surface area contributed by atoms with E-state index in [2.05, 4.69) is 16.9 Å². The number of benzene rings is 2. The van der Waals surface area contributed by atoms with Gasteiger partial charge in [-0.15, -0.1) is 0 Å².